The van der Waals surface area contributed by atoms with Gasteiger partial charge in [0.2, 0.25) is 0 Å². The first kappa shape index (κ1) is 28.3. The number of rotatable bonds is 10. The Hall–Kier alpha value is -0.900. The van der Waals surface area contributed by atoms with Crippen LogP contribution in [0.15, 0.2) is 35.3 Å². The van der Waals surface area contributed by atoms with Gasteiger partial charge < -0.3 is 25.8 Å². The van der Waals surface area contributed by atoms with Crippen molar-refractivity contribution >= 4 is 29.9 Å². The Labute approximate surface area is 217 Å². The molecular weight excluding hydrogens is 527 g/mol. The number of hydrogen-bond donors (Lipinski definition) is 4. The maximum atomic E-state index is 9.64. The second-order valence-electron chi connectivity index (χ2n) is 9.75. The second kappa shape index (κ2) is 14.5. The monoisotopic (exact) mass is 572 g/mol. The van der Waals surface area contributed by atoms with E-state index in [4.69, 9.17) is 9.73 Å². The molecule has 1 aromatic carbocycles. The SMILES string of the molecule is CCNC(=NCC1(CCO)CCCCC1)NCC1(NC(C)c2ccccc2)CCOCC1.I. The van der Waals surface area contributed by atoms with Crippen LogP contribution in [0.4, 0.5) is 0 Å². The van der Waals surface area contributed by atoms with E-state index in [0.717, 1.165) is 58.1 Å². The van der Waals surface area contributed by atoms with Crippen molar-refractivity contribution in [2.24, 2.45) is 10.4 Å². The van der Waals surface area contributed by atoms with Crippen LogP contribution in [0.3, 0.4) is 0 Å². The predicted octanol–water partition coefficient (Wildman–Crippen LogP) is 4.39. The first-order chi connectivity index (χ1) is 15.6. The summed E-state index contributed by atoms with van der Waals surface area (Å²) in [5.41, 5.74) is 1.44. The molecule has 33 heavy (non-hydrogen) atoms. The van der Waals surface area contributed by atoms with Crippen molar-refractivity contribution in [1.29, 1.82) is 0 Å². The summed E-state index contributed by atoms with van der Waals surface area (Å²) in [6.45, 7) is 8.60. The molecule has 0 amide bonds. The van der Waals surface area contributed by atoms with Crippen LogP contribution in [0.25, 0.3) is 0 Å². The van der Waals surface area contributed by atoms with Gasteiger partial charge >= 0.3 is 0 Å². The van der Waals surface area contributed by atoms with Crippen LogP contribution < -0.4 is 16.0 Å². The Balaban J connectivity index is 0.00000385. The zero-order valence-electron chi connectivity index (χ0n) is 20.6. The number of aliphatic imine (C=N–C) groups is 1. The fraction of sp³-hybridized carbons (Fsp3) is 0.731. The van der Waals surface area contributed by atoms with E-state index in [-0.39, 0.29) is 47.6 Å². The molecule has 4 N–H and O–H groups in total. The van der Waals surface area contributed by atoms with Crippen molar-refractivity contribution in [2.45, 2.75) is 76.8 Å². The average Bonchev–Trinajstić information content (AvgIpc) is 2.83. The molecule has 0 aromatic heterocycles. The van der Waals surface area contributed by atoms with Crippen molar-refractivity contribution in [1.82, 2.24) is 16.0 Å². The fourth-order valence-corrected chi connectivity index (χ4v) is 5.29. The smallest absolute Gasteiger partial charge is 0.191 e. The highest BCUT2D eigenvalue weighted by Crippen LogP contribution is 2.39. The van der Waals surface area contributed by atoms with Gasteiger partial charge in [-0.3, -0.25) is 4.99 Å². The first-order valence-electron chi connectivity index (χ1n) is 12.6. The summed E-state index contributed by atoms with van der Waals surface area (Å²) < 4.78 is 5.70. The zero-order chi connectivity index (χ0) is 22.7. The minimum atomic E-state index is -0.0304. The molecule has 0 radical (unpaired) electrons. The van der Waals surface area contributed by atoms with Crippen LogP contribution in [0.5, 0.6) is 0 Å². The van der Waals surface area contributed by atoms with Gasteiger partial charge in [0.1, 0.15) is 0 Å². The lowest BCUT2D eigenvalue weighted by atomic mass is 9.72. The molecule has 3 rings (SSSR count). The lowest BCUT2D eigenvalue weighted by molar-refractivity contribution is 0.0354. The summed E-state index contributed by atoms with van der Waals surface area (Å²) >= 11 is 0. The Kier molecular flexibility index (Phi) is 12.4. The van der Waals surface area contributed by atoms with E-state index in [0.29, 0.717) is 0 Å². The number of guanidine groups is 1. The maximum Gasteiger partial charge on any atom is 0.191 e. The molecule has 1 aliphatic carbocycles. The second-order valence-corrected chi connectivity index (χ2v) is 9.75. The standard InChI is InChI=1S/C26H44N4O2.HI/c1-3-27-24(28-20-25(14-17-31)12-8-5-9-13-25)29-21-26(15-18-32-19-16-26)30-22(2)23-10-6-4-7-11-23;/h4,6-7,10-11,22,30-31H,3,5,8-9,12-21H2,1-2H3,(H2,27,28,29);1H. The molecule has 0 spiro atoms. The molecule has 1 aliphatic heterocycles. The van der Waals surface area contributed by atoms with Gasteiger partial charge in [-0.15, -0.1) is 24.0 Å². The highest BCUT2D eigenvalue weighted by molar-refractivity contribution is 14.0. The molecule has 6 nitrogen and oxygen atoms in total. The van der Waals surface area contributed by atoms with Gasteiger partial charge in [0.05, 0.1) is 0 Å². The summed E-state index contributed by atoms with van der Waals surface area (Å²) in [6, 6.07) is 10.9. The third-order valence-corrected chi connectivity index (χ3v) is 7.34. The number of aliphatic hydroxyl groups excluding tert-OH is 1. The van der Waals surface area contributed by atoms with Crippen molar-refractivity contribution in [3.63, 3.8) is 0 Å². The predicted molar refractivity (Wildman–Crippen MR) is 147 cm³/mol. The highest BCUT2D eigenvalue weighted by Gasteiger charge is 2.35. The number of halogens is 1. The van der Waals surface area contributed by atoms with Crippen molar-refractivity contribution < 1.29 is 9.84 Å². The lowest BCUT2D eigenvalue weighted by Crippen LogP contribution is -2.58. The van der Waals surface area contributed by atoms with Gasteiger partial charge in [-0.1, -0.05) is 49.6 Å². The summed E-state index contributed by atoms with van der Waals surface area (Å²) in [5, 5.41) is 20.6. The van der Waals surface area contributed by atoms with Crippen molar-refractivity contribution in [2.75, 3.05) is 39.5 Å². The molecule has 2 aliphatic rings. The van der Waals surface area contributed by atoms with Gasteiger partial charge in [-0.25, -0.2) is 0 Å². The number of aliphatic hydroxyl groups is 1. The molecule has 1 saturated heterocycles. The van der Waals surface area contributed by atoms with E-state index in [2.05, 4.69) is 60.1 Å². The molecule has 1 atom stereocenters. The third-order valence-electron chi connectivity index (χ3n) is 7.34. The molecule has 1 aromatic rings. The summed E-state index contributed by atoms with van der Waals surface area (Å²) in [7, 11) is 0. The van der Waals surface area contributed by atoms with E-state index in [1.807, 2.05) is 0 Å². The quantitative estimate of drug-likeness (QED) is 0.190. The molecule has 1 saturated carbocycles. The van der Waals surface area contributed by atoms with Crippen LogP contribution in [0.1, 0.15) is 76.8 Å². The summed E-state index contributed by atoms with van der Waals surface area (Å²) in [4.78, 5) is 5.01. The molecule has 0 bridgehead atoms. The van der Waals surface area contributed by atoms with Gasteiger partial charge in [0.15, 0.2) is 5.96 Å². The number of nitrogens with one attached hydrogen (secondary N) is 3. The van der Waals surface area contributed by atoms with Gasteiger partial charge in [0, 0.05) is 51.0 Å². The van der Waals surface area contributed by atoms with Crippen LogP contribution in [0.2, 0.25) is 0 Å². The third kappa shape index (κ3) is 8.67. The number of benzene rings is 1. The van der Waals surface area contributed by atoms with Gasteiger partial charge in [-0.05, 0) is 56.9 Å². The molecule has 1 heterocycles. The van der Waals surface area contributed by atoms with E-state index >= 15 is 0 Å². The molecule has 2 fully saturated rings. The topological polar surface area (TPSA) is 77.9 Å². The molecular formula is C26H45IN4O2. The Morgan fingerprint density at radius 1 is 1.06 bits per heavy atom. The fourth-order valence-electron chi connectivity index (χ4n) is 5.29. The zero-order valence-corrected chi connectivity index (χ0v) is 22.9. The van der Waals surface area contributed by atoms with Gasteiger partial charge in [0.25, 0.3) is 0 Å². The largest absolute Gasteiger partial charge is 0.396 e. The number of nitrogens with zero attached hydrogens (tertiary/aromatic N) is 1. The number of hydrogen-bond acceptors (Lipinski definition) is 4. The number of ether oxygens (including phenoxy) is 1. The van der Waals surface area contributed by atoms with Crippen LogP contribution in [-0.4, -0.2) is 56.1 Å². The first-order valence-corrected chi connectivity index (χ1v) is 12.6. The van der Waals surface area contributed by atoms with Crippen LogP contribution >= 0.6 is 24.0 Å². The van der Waals surface area contributed by atoms with E-state index in [9.17, 15) is 5.11 Å². The maximum absolute atomic E-state index is 9.64. The molecule has 7 heteroatoms. The molecule has 188 valence electrons. The van der Waals surface area contributed by atoms with E-state index in [1.54, 1.807) is 0 Å². The van der Waals surface area contributed by atoms with E-state index in [1.165, 1.54) is 37.7 Å². The Morgan fingerprint density at radius 2 is 1.76 bits per heavy atom. The minimum Gasteiger partial charge on any atom is -0.396 e. The highest BCUT2D eigenvalue weighted by atomic mass is 127. The van der Waals surface area contributed by atoms with Crippen LogP contribution in [0, 0.1) is 5.41 Å². The Morgan fingerprint density at radius 3 is 2.39 bits per heavy atom. The Bertz CT molecular complexity index is 683. The lowest BCUT2D eigenvalue weighted by Gasteiger charge is -2.41. The van der Waals surface area contributed by atoms with Crippen molar-refractivity contribution in [3.05, 3.63) is 35.9 Å². The van der Waals surface area contributed by atoms with Gasteiger partial charge in [-0.2, -0.15) is 0 Å². The van der Waals surface area contributed by atoms with E-state index < -0.39 is 0 Å². The summed E-state index contributed by atoms with van der Waals surface area (Å²) in [6.07, 6.45) is 8.98. The van der Waals surface area contributed by atoms with Crippen molar-refractivity contribution in [3.8, 4) is 0 Å². The minimum absolute atomic E-state index is 0. The van der Waals surface area contributed by atoms with Crippen LogP contribution in [-0.2, 0) is 4.74 Å². The normalized spacial score (nSPS) is 21.0. The summed E-state index contributed by atoms with van der Waals surface area (Å²) in [5.74, 6) is 0.885. The average molecular weight is 573 g/mol. The molecule has 1 unspecified atom stereocenters.